The Hall–Kier alpha value is -2.63. The summed E-state index contributed by atoms with van der Waals surface area (Å²) in [5.74, 6) is 0.206. The van der Waals surface area contributed by atoms with Gasteiger partial charge in [-0.2, -0.15) is 0 Å². The van der Waals surface area contributed by atoms with Crippen LogP contribution in [0, 0.1) is 15.9 Å². The number of halogens is 1. The van der Waals surface area contributed by atoms with Crippen molar-refractivity contribution in [2.75, 3.05) is 12.4 Å². The van der Waals surface area contributed by atoms with E-state index in [9.17, 15) is 14.5 Å². The number of nitrogens with zero attached hydrogens (tertiary/aromatic N) is 1. The molecule has 6 heteroatoms. The molecule has 1 aliphatic rings. The minimum Gasteiger partial charge on any atom is -0.490 e. The predicted molar refractivity (Wildman–Crippen MR) is 80.8 cm³/mol. The molecule has 0 aromatic heterocycles. The summed E-state index contributed by atoms with van der Waals surface area (Å²) in [6.07, 6.45) is 0.861. The highest BCUT2D eigenvalue weighted by atomic mass is 19.1. The average molecular weight is 302 g/mol. The standard InChI is InChI=1S/C16H15FN2O3/c1-22-15-4-2-3-13(16(15)19(20)21)18-14-9-12(14)10-5-7-11(17)8-6-10/h2-8,12,14,18H,9H2,1H3/t12-,14+/m0/s1. The van der Waals surface area contributed by atoms with Gasteiger partial charge in [-0.3, -0.25) is 10.1 Å². The Labute approximate surface area is 126 Å². The van der Waals surface area contributed by atoms with Gasteiger partial charge in [0, 0.05) is 12.0 Å². The molecular weight excluding hydrogens is 287 g/mol. The second-order valence-electron chi connectivity index (χ2n) is 5.26. The molecule has 0 saturated heterocycles. The highest BCUT2D eigenvalue weighted by Crippen LogP contribution is 2.45. The Balaban J connectivity index is 1.78. The normalized spacial score (nSPS) is 19.5. The summed E-state index contributed by atoms with van der Waals surface area (Å²) in [5.41, 5.74) is 1.41. The van der Waals surface area contributed by atoms with Crippen LogP contribution >= 0.6 is 0 Å². The number of benzene rings is 2. The number of ether oxygens (including phenoxy) is 1. The van der Waals surface area contributed by atoms with Crippen LogP contribution in [0.2, 0.25) is 0 Å². The number of methoxy groups -OCH3 is 1. The summed E-state index contributed by atoms with van der Waals surface area (Å²) < 4.78 is 18.0. The predicted octanol–water partition coefficient (Wildman–Crippen LogP) is 3.71. The largest absolute Gasteiger partial charge is 0.490 e. The third-order valence-corrected chi connectivity index (χ3v) is 3.83. The smallest absolute Gasteiger partial charge is 0.333 e. The lowest BCUT2D eigenvalue weighted by Crippen LogP contribution is -2.07. The molecule has 2 aromatic rings. The third kappa shape index (κ3) is 2.72. The SMILES string of the molecule is COc1cccc(N[C@@H]2C[C@H]2c2ccc(F)cc2)c1[N+](=O)[O-]. The van der Waals surface area contributed by atoms with Crippen LogP contribution in [0.4, 0.5) is 15.8 Å². The van der Waals surface area contributed by atoms with E-state index in [4.69, 9.17) is 4.74 Å². The molecule has 0 spiro atoms. The molecule has 2 atom stereocenters. The van der Waals surface area contributed by atoms with E-state index in [1.54, 1.807) is 30.3 Å². The Bertz CT molecular complexity index is 703. The molecule has 0 heterocycles. The number of hydrogen-bond acceptors (Lipinski definition) is 4. The van der Waals surface area contributed by atoms with Crippen LogP contribution in [0.5, 0.6) is 5.75 Å². The maximum Gasteiger partial charge on any atom is 0.333 e. The van der Waals surface area contributed by atoms with Gasteiger partial charge in [0.05, 0.1) is 12.0 Å². The third-order valence-electron chi connectivity index (χ3n) is 3.83. The second-order valence-corrected chi connectivity index (χ2v) is 5.26. The zero-order chi connectivity index (χ0) is 15.7. The van der Waals surface area contributed by atoms with E-state index in [1.807, 2.05) is 0 Å². The van der Waals surface area contributed by atoms with Gasteiger partial charge in [0.2, 0.25) is 0 Å². The maximum atomic E-state index is 12.9. The maximum absolute atomic E-state index is 12.9. The van der Waals surface area contributed by atoms with Gasteiger partial charge >= 0.3 is 5.69 Å². The minimum absolute atomic E-state index is 0.0604. The molecule has 1 N–H and O–H groups in total. The van der Waals surface area contributed by atoms with E-state index >= 15 is 0 Å². The molecule has 1 aliphatic carbocycles. The number of nitro benzene ring substituents is 1. The van der Waals surface area contributed by atoms with E-state index in [-0.39, 0.29) is 29.2 Å². The summed E-state index contributed by atoms with van der Waals surface area (Å²) in [7, 11) is 1.41. The molecule has 0 amide bonds. The molecule has 22 heavy (non-hydrogen) atoms. The van der Waals surface area contributed by atoms with Gasteiger partial charge in [-0.15, -0.1) is 0 Å². The van der Waals surface area contributed by atoms with Crippen molar-refractivity contribution in [2.24, 2.45) is 0 Å². The minimum atomic E-state index is -0.448. The van der Waals surface area contributed by atoms with Crippen molar-refractivity contribution in [2.45, 2.75) is 18.4 Å². The molecule has 1 fully saturated rings. The molecule has 1 saturated carbocycles. The lowest BCUT2D eigenvalue weighted by molar-refractivity contribution is -0.384. The van der Waals surface area contributed by atoms with Crippen LogP contribution in [0.25, 0.3) is 0 Å². The number of hydrogen-bond donors (Lipinski definition) is 1. The van der Waals surface area contributed by atoms with E-state index in [0.717, 1.165) is 12.0 Å². The first-order chi connectivity index (χ1) is 10.6. The van der Waals surface area contributed by atoms with E-state index < -0.39 is 4.92 Å². The molecule has 0 radical (unpaired) electrons. The van der Waals surface area contributed by atoms with Crippen molar-refractivity contribution in [3.05, 3.63) is 64.0 Å². The fourth-order valence-electron chi connectivity index (χ4n) is 2.62. The quantitative estimate of drug-likeness (QED) is 0.675. The van der Waals surface area contributed by atoms with Gasteiger partial charge in [0.15, 0.2) is 5.75 Å². The first-order valence-corrected chi connectivity index (χ1v) is 6.93. The van der Waals surface area contributed by atoms with Crippen molar-refractivity contribution >= 4 is 11.4 Å². The van der Waals surface area contributed by atoms with Crippen LogP contribution in [0.1, 0.15) is 17.9 Å². The molecule has 0 aliphatic heterocycles. The lowest BCUT2D eigenvalue weighted by atomic mass is 10.1. The van der Waals surface area contributed by atoms with E-state index in [1.165, 1.54) is 19.2 Å². The highest BCUT2D eigenvalue weighted by Gasteiger charge is 2.39. The van der Waals surface area contributed by atoms with Crippen molar-refractivity contribution in [3.63, 3.8) is 0 Å². The number of anilines is 1. The second kappa shape index (κ2) is 5.63. The molecular formula is C16H15FN2O3. The fraction of sp³-hybridized carbons (Fsp3) is 0.250. The van der Waals surface area contributed by atoms with Gasteiger partial charge < -0.3 is 10.1 Å². The summed E-state index contributed by atoms with van der Waals surface area (Å²) >= 11 is 0. The van der Waals surface area contributed by atoms with Crippen molar-refractivity contribution in [1.29, 1.82) is 0 Å². The van der Waals surface area contributed by atoms with Gasteiger partial charge in [0.25, 0.3) is 0 Å². The first-order valence-electron chi connectivity index (χ1n) is 6.93. The zero-order valence-corrected chi connectivity index (χ0v) is 12.0. The van der Waals surface area contributed by atoms with Gasteiger partial charge in [-0.25, -0.2) is 4.39 Å². The van der Waals surface area contributed by atoms with Crippen LogP contribution in [-0.2, 0) is 0 Å². The Morgan fingerprint density at radius 2 is 2.00 bits per heavy atom. The Kier molecular flexibility index (Phi) is 3.66. The molecule has 2 aromatic carbocycles. The average Bonchev–Trinajstić information content (AvgIpc) is 3.26. The van der Waals surface area contributed by atoms with Crippen LogP contribution in [-0.4, -0.2) is 18.1 Å². The van der Waals surface area contributed by atoms with Crippen LogP contribution in [0.3, 0.4) is 0 Å². The summed E-state index contributed by atoms with van der Waals surface area (Å²) in [6.45, 7) is 0. The van der Waals surface area contributed by atoms with Crippen molar-refractivity contribution < 1.29 is 14.1 Å². The number of nitrogens with one attached hydrogen (secondary N) is 1. The number of para-hydroxylation sites is 1. The summed E-state index contributed by atoms with van der Waals surface area (Å²) in [5, 5.41) is 14.4. The van der Waals surface area contributed by atoms with Gasteiger partial charge in [-0.1, -0.05) is 18.2 Å². The molecule has 3 rings (SSSR count). The van der Waals surface area contributed by atoms with E-state index in [2.05, 4.69) is 5.32 Å². The van der Waals surface area contributed by atoms with Gasteiger partial charge in [0.1, 0.15) is 11.5 Å². The molecule has 0 bridgehead atoms. The molecule has 114 valence electrons. The van der Waals surface area contributed by atoms with E-state index in [0.29, 0.717) is 5.69 Å². The van der Waals surface area contributed by atoms with Crippen molar-refractivity contribution in [1.82, 2.24) is 0 Å². The first kappa shape index (κ1) is 14.3. The topological polar surface area (TPSA) is 64.4 Å². The monoisotopic (exact) mass is 302 g/mol. The Morgan fingerprint density at radius 1 is 1.27 bits per heavy atom. The summed E-state index contributed by atoms with van der Waals surface area (Å²) in [6, 6.07) is 11.4. The molecule has 0 unspecified atom stereocenters. The van der Waals surface area contributed by atoms with Crippen LogP contribution < -0.4 is 10.1 Å². The Morgan fingerprint density at radius 3 is 2.64 bits per heavy atom. The fourth-order valence-corrected chi connectivity index (χ4v) is 2.62. The zero-order valence-electron chi connectivity index (χ0n) is 12.0. The van der Waals surface area contributed by atoms with Crippen LogP contribution in [0.15, 0.2) is 42.5 Å². The van der Waals surface area contributed by atoms with Gasteiger partial charge in [-0.05, 0) is 36.2 Å². The highest BCUT2D eigenvalue weighted by molar-refractivity contribution is 5.69. The summed E-state index contributed by atoms with van der Waals surface area (Å²) in [4.78, 5) is 10.8. The number of rotatable bonds is 5. The number of nitro groups is 1. The van der Waals surface area contributed by atoms with Crippen molar-refractivity contribution in [3.8, 4) is 5.75 Å². The molecule has 5 nitrogen and oxygen atoms in total. The lowest BCUT2D eigenvalue weighted by Gasteiger charge is -2.09.